The summed E-state index contributed by atoms with van der Waals surface area (Å²) in [5, 5.41) is 20.2. The number of nitrogens with two attached hydrogens (primary N) is 1. The second kappa shape index (κ2) is 8.61. The van der Waals surface area contributed by atoms with Gasteiger partial charge in [0.05, 0.1) is 0 Å². The highest BCUT2D eigenvalue weighted by Gasteiger charge is 2.32. The Hall–Kier alpha value is -1.63. The summed E-state index contributed by atoms with van der Waals surface area (Å²) in [6.45, 7) is 0.425. The van der Waals surface area contributed by atoms with Crippen molar-refractivity contribution in [2.75, 3.05) is 6.54 Å². The fourth-order valence-electron chi connectivity index (χ4n) is 2.83. The van der Waals surface area contributed by atoms with E-state index in [0.29, 0.717) is 6.54 Å². The van der Waals surface area contributed by atoms with Gasteiger partial charge < -0.3 is 21.3 Å². The van der Waals surface area contributed by atoms with Crippen molar-refractivity contribution in [2.45, 2.75) is 51.0 Å². The second-order valence-electron chi connectivity index (χ2n) is 5.57. The predicted octanol–water partition coefficient (Wildman–Crippen LogP) is 0.576. The molecule has 0 radical (unpaired) electrons. The summed E-state index contributed by atoms with van der Waals surface area (Å²) >= 11 is 0. The summed E-state index contributed by atoms with van der Waals surface area (Å²) in [7, 11) is 0. The molecule has 0 bridgehead atoms. The molecular weight excluding hydrogens is 276 g/mol. The zero-order chi connectivity index (χ0) is 15.8. The maximum absolute atomic E-state index is 12.2. The highest BCUT2D eigenvalue weighted by molar-refractivity contribution is 5.85. The summed E-state index contributed by atoms with van der Waals surface area (Å²) < 4.78 is 0. The standard InChI is InChI=1S/C14H24N2O5/c15-8-9-4-1-2-5-10(9)13(19)16-11(14(20)21)6-3-7-12(17)18/h9-11H,1-8,15H2,(H,16,19)(H,17,18)(H,20,21)/t9?,10?,11-/m1/s1. The maximum atomic E-state index is 12.2. The Labute approximate surface area is 123 Å². The van der Waals surface area contributed by atoms with Crippen molar-refractivity contribution >= 4 is 17.8 Å². The molecule has 21 heavy (non-hydrogen) atoms. The van der Waals surface area contributed by atoms with Crippen LogP contribution < -0.4 is 11.1 Å². The molecular formula is C14H24N2O5. The number of nitrogens with one attached hydrogen (secondary N) is 1. The van der Waals surface area contributed by atoms with E-state index in [1.54, 1.807) is 0 Å². The third-order valence-corrected chi connectivity index (χ3v) is 4.05. The van der Waals surface area contributed by atoms with Crippen LogP contribution in [0.5, 0.6) is 0 Å². The van der Waals surface area contributed by atoms with E-state index < -0.39 is 18.0 Å². The minimum absolute atomic E-state index is 0.103. The number of rotatable bonds is 8. The van der Waals surface area contributed by atoms with E-state index in [4.69, 9.17) is 15.9 Å². The lowest BCUT2D eigenvalue weighted by molar-refractivity contribution is -0.143. The highest BCUT2D eigenvalue weighted by atomic mass is 16.4. The minimum Gasteiger partial charge on any atom is -0.481 e. The molecule has 0 aromatic carbocycles. The molecule has 1 amide bonds. The molecule has 7 heteroatoms. The zero-order valence-electron chi connectivity index (χ0n) is 12.1. The molecule has 1 fully saturated rings. The molecule has 0 spiro atoms. The fraction of sp³-hybridized carbons (Fsp3) is 0.786. The van der Waals surface area contributed by atoms with Crippen molar-refractivity contribution < 1.29 is 24.6 Å². The Balaban J connectivity index is 2.54. The number of hydrogen-bond donors (Lipinski definition) is 4. The SMILES string of the molecule is NCC1CCCCC1C(=O)N[C@H](CCCC(=O)O)C(=O)O. The number of carboxylic acids is 2. The molecule has 0 heterocycles. The van der Waals surface area contributed by atoms with Gasteiger partial charge in [0, 0.05) is 12.3 Å². The van der Waals surface area contributed by atoms with Gasteiger partial charge in [0.2, 0.25) is 5.91 Å². The molecule has 0 aromatic rings. The summed E-state index contributed by atoms with van der Waals surface area (Å²) in [6.07, 6.45) is 3.86. The Kier molecular flexibility index (Phi) is 7.14. The first kappa shape index (κ1) is 17.4. The van der Waals surface area contributed by atoms with Gasteiger partial charge in [-0.3, -0.25) is 9.59 Å². The van der Waals surface area contributed by atoms with Crippen molar-refractivity contribution in [1.29, 1.82) is 0 Å². The third kappa shape index (κ3) is 5.71. The number of amides is 1. The number of carboxylic acid groups (broad SMARTS) is 2. The fourth-order valence-corrected chi connectivity index (χ4v) is 2.83. The van der Waals surface area contributed by atoms with E-state index in [2.05, 4.69) is 5.32 Å². The topological polar surface area (TPSA) is 130 Å². The van der Waals surface area contributed by atoms with Crippen molar-refractivity contribution in [3.8, 4) is 0 Å². The van der Waals surface area contributed by atoms with Gasteiger partial charge in [0.15, 0.2) is 0 Å². The molecule has 120 valence electrons. The molecule has 0 saturated heterocycles. The molecule has 7 nitrogen and oxygen atoms in total. The van der Waals surface area contributed by atoms with Crippen LogP contribution in [0.2, 0.25) is 0 Å². The molecule has 1 saturated carbocycles. The number of hydrogen-bond acceptors (Lipinski definition) is 4. The van der Waals surface area contributed by atoms with Crippen molar-refractivity contribution in [2.24, 2.45) is 17.6 Å². The predicted molar refractivity (Wildman–Crippen MR) is 75.6 cm³/mol. The lowest BCUT2D eigenvalue weighted by Gasteiger charge is -2.30. The smallest absolute Gasteiger partial charge is 0.326 e. The monoisotopic (exact) mass is 300 g/mol. The van der Waals surface area contributed by atoms with Crippen molar-refractivity contribution in [3.63, 3.8) is 0 Å². The number of carbonyl (C=O) groups excluding carboxylic acids is 1. The first-order valence-electron chi connectivity index (χ1n) is 7.40. The average Bonchev–Trinajstić information content (AvgIpc) is 2.45. The highest BCUT2D eigenvalue weighted by Crippen LogP contribution is 2.29. The molecule has 1 aliphatic carbocycles. The summed E-state index contributed by atoms with van der Waals surface area (Å²) in [6, 6.07) is -1.03. The van der Waals surface area contributed by atoms with Crippen LogP contribution in [-0.2, 0) is 14.4 Å². The van der Waals surface area contributed by atoms with Gasteiger partial charge in [-0.1, -0.05) is 12.8 Å². The normalized spacial score (nSPS) is 23.3. The average molecular weight is 300 g/mol. The second-order valence-corrected chi connectivity index (χ2v) is 5.57. The number of aliphatic carboxylic acids is 2. The molecule has 5 N–H and O–H groups in total. The molecule has 0 aromatic heterocycles. The Morgan fingerprint density at radius 1 is 1.19 bits per heavy atom. The van der Waals surface area contributed by atoms with Crippen LogP contribution >= 0.6 is 0 Å². The van der Waals surface area contributed by atoms with Crippen LogP contribution in [0.25, 0.3) is 0 Å². The summed E-state index contributed by atoms with van der Waals surface area (Å²) in [5.74, 6) is -2.50. The van der Waals surface area contributed by atoms with E-state index >= 15 is 0 Å². The lowest BCUT2D eigenvalue weighted by Crippen LogP contribution is -2.46. The van der Waals surface area contributed by atoms with Gasteiger partial charge in [0.1, 0.15) is 6.04 Å². The van der Waals surface area contributed by atoms with Crippen molar-refractivity contribution in [1.82, 2.24) is 5.32 Å². The van der Waals surface area contributed by atoms with Crippen LogP contribution in [0.4, 0.5) is 0 Å². The van der Waals surface area contributed by atoms with Crippen LogP contribution in [0.3, 0.4) is 0 Å². The first-order chi connectivity index (χ1) is 9.95. The van der Waals surface area contributed by atoms with Gasteiger partial charge in [-0.25, -0.2) is 4.79 Å². The molecule has 2 unspecified atom stereocenters. The van der Waals surface area contributed by atoms with E-state index in [1.807, 2.05) is 0 Å². The zero-order valence-corrected chi connectivity index (χ0v) is 12.1. The number of carbonyl (C=O) groups is 3. The van der Waals surface area contributed by atoms with Gasteiger partial charge in [0.25, 0.3) is 0 Å². The van der Waals surface area contributed by atoms with Crippen LogP contribution in [0.1, 0.15) is 44.9 Å². The van der Waals surface area contributed by atoms with Crippen molar-refractivity contribution in [3.05, 3.63) is 0 Å². The van der Waals surface area contributed by atoms with E-state index in [-0.39, 0.29) is 37.0 Å². The first-order valence-corrected chi connectivity index (χ1v) is 7.40. The largest absolute Gasteiger partial charge is 0.481 e. The van der Waals surface area contributed by atoms with Gasteiger partial charge in [-0.05, 0) is 38.1 Å². The van der Waals surface area contributed by atoms with Crippen LogP contribution in [0.15, 0.2) is 0 Å². The van der Waals surface area contributed by atoms with Gasteiger partial charge in [-0.15, -0.1) is 0 Å². The molecule has 1 rings (SSSR count). The lowest BCUT2D eigenvalue weighted by atomic mass is 9.78. The van der Waals surface area contributed by atoms with Crippen LogP contribution in [0, 0.1) is 11.8 Å². The Bertz CT molecular complexity index is 386. The minimum atomic E-state index is -1.13. The van der Waals surface area contributed by atoms with Crippen LogP contribution in [-0.4, -0.2) is 40.6 Å². The Morgan fingerprint density at radius 3 is 2.43 bits per heavy atom. The van der Waals surface area contributed by atoms with E-state index in [0.717, 1.165) is 25.7 Å². The molecule has 1 aliphatic rings. The quantitative estimate of drug-likeness (QED) is 0.518. The van der Waals surface area contributed by atoms with E-state index in [9.17, 15) is 14.4 Å². The third-order valence-electron chi connectivity index (χ3n) is 4.05. The molecule has 0 aliphatic heterocycles. The van der Waals surface area contributed by atoms with Gasteiger partial charge in [-0.2, -0.15) is 0 Å². The van der Waals surface area contributed by atoms with Gasteiger partial charge >= 0.3 is 11.9 Å². The molecule has 3 atom stereocenters. The summed E-state index contributed by atoms with van der Waals surface area (Å²) in [4.78, 5) is 33.8. The summed E-state index contributed by atoms with van der Waals surface area (Å²) in [5.41, 5.74) is 5.67. The Morgan fingerprint density at radius 2 is 1.86 bits per heavy atom. The van der Waals surface area contributed by atoms with E-state index in [1.165, 1.54) is 0 Å². The maximum Gasteiger partial charge on any atom is 0.326 e.